The average Bonchev–Trinajstić information content (AvgIpc) is 3.01. The Labute approximate surface area is 127 Å². The molecule has 1 aromatic carbocycles. The number of carbonyl (C=O) groups excluding carboxylic acids is 1. The molecule has 0 unspecified atom stereocenters. The van der Waals surface area contributed by atoms with Crippen LogP contribution in [0.25, 0.3) is 5.69 Å². The van der Waals surface area contributed by atoms with Crippen LogP contribution in [0.1, 0.15) is 10.4 Å². The van der Waals surface area contributed by atoms with E-state index < -0.39 is 0 Å². The molecular weight excluding hydrogens is 286 g/mol. The zero-order valence-corrected chi connectivity index (χ0v) is 11.8. The zero-order valence-electron chi connectivity index (χ0n) is 11.0. The summed E-state index contributed by atoms with van der Waals surface area (Å²) in [4.78, 5) is 16.0. The maximum Gasteiger partial charge on any atom is 0.255 e. The molecule has 3 aromatic rings. The van der Waals surface area contributed by atoms with Crippen LogP contribution in [0, 0.1) is 0 Å². The second-order valence-electron chi connectivity index (χ2n) is 4.46. The molecular formula is C16H12ClN3O. The highest BCUT2D eigenvalue weighted by atomic mass is 35.5. The van der Waals surface area contributed by atoms with Crippen molar-refractivity contribution in [1.82, 2.24) is 9.55 Å². The molecule has 21 heavy (non-hydrogen) atoms. The predicted molar refractivity (Wildman–Crippen MR) is 83.0 cm³/mol. The van der Waals surface area contributed by atoms with E-state index in [1.807, 2.05) is 41.2 Å². The van der Waals surface area contributed by atoms with Crippen LogP contribution in [-0.2, 0) is 0 Å². The molecule has 104 valence electrons. The number of aromatic nitrogens is 2. The number of anilines is 1. The fraction of sp³-hybridized carbons (Fsp3) is 0. The van der Waals surface area contributed by atoms with E-state index in [9.17, 15) is 4.79 Å². The number of rotatable bonds is 3. The van der Waals surface area contributed by atoms with Crippen LogP contribution in [-0.4, -0.2) is 15.5 Å². The Bertz CT molecular complexity index is 751. The highest BCUT2D eigenvalue weighted by molar-refractivity contribution is 6.29. The monoisotopic (exact) mass is 297 g/mol. The Morgan fingerprint density at radius 3 is 2.48 bits per heavy atom. The summed E-state index contributed by atoms with van der Waals surface area (Å²) in [5, 5.41) is 3.13. The first-order valence-corrected chi connectivity index (χ1v) is 6.76. The van der Waals surface area contributed by atoms with Gasteiger partial charge in [0.05, 0.1) is 0 Å². The average molecular weight is 298 g/mol. The van der Waals surface area contributed by atoms with E-state index in [4.69, 9.17) is 11.6 Å². The fourth-order valence-corrected chi connectivity index (χ4v) is 2.15. The molecule has 0 atom stereocenters. The van der Waals surface area contributed by atoms with Crippen molar-refractivity contribution in [2.45, 2.75) is 0 Å². The molecule has 0 bridgehead atoms. The van der Waals surface area contributed by atoms with Crippen LogP contribution in [0.15, 0.2) is 67.1 Å². The Morgan fingerprint density at radius 2 is 1.81 bits per heavy atom. The SMILES string of the molecule is O=C(Nc1ccnc(Cl)c1)c1ccc(-n2cccc2)cc1. The summed E-state index contributed by atoms with van der Waals surface area (Å²) < 4.78 is 1.98. The molecule has 1 amide bonds. The molecule has 0 radical (unpaired) electrons. The normalized spacial score (nSPS) is 10.3. The second kappa shape index (κ2) is 5.81. The Hall–Kier alpha value is -2.59. The minimum atomic E-state index is -0.184. The van der Waals surface area contributed by atoms with Crippen molar-refractivity contribution in [1.29, 1.82) is 0 Å². The third kappa shape index (κ3) is 3.12. The lowest BCUT2D eigenvalue weighted by molar-refractivity contribution is 0.102. The number of amides is 1. The highest BCUT2D eigenvalue weighted by Gasteiger charge is 2.06. The molecule has 0 aliphatic rings. The summed E-state index contributed by atoms with van der Waals surface area (Å²) in [6, 6.07) is 14.6. The van der Waals surface area contributed by atoms with Gasteiger partial charge < -0.3 is 9.88 Å². The van der Waals surface area contributed by atoms with Crippen LogP contribution >= 0.6 is 11.6 Å². The summed E-state index contributed by atoms with van der Waals surface area (Å²) in [6.45, 7) is 0. The topological polar surface area (TPSA) is 46.9 Å². The maximum absolute atomic E-state index is 12.1. The van der Waals surface area contributed by atoms with E-state index in [0.717, 1.165) is 5.69 Å². The molecule has 0 fully saturated rings. The fourth-order valence-electron chi connectivity index (χ4n) is 1.98. The molecule has 0 spiro atoms. The number of hydrogen-bond acceptors (Lipinski definition) is 2. The highest BCUT2D eigenvalue weighted by Crippen LogP contribution is 2.15. The number of benzene rings is 1. The van der Waals surface area contributed by atoms with Gasteiger partial charge >= 0.3 is 0 Å². The first-order chi connectivity index (χ1) is 10.2. The standard InChI is InChI=1S/C16H12ClN3O/c17-15-11-13(7-8-18-15)19-16(21)12-3-5-14(6-4-12)20-9-1-2-10-20/h1-11H,(H,18,19,21). The van der Waals surface area contributed by atoms with Crippen LogP contribution in [0.4, 0.5) is 5.69 Å². The Morgan fingerprint density at radius 1 is 1.10 bits per heavy atom. The molecule has 0 saturated carbocycles. The van der Waals surface area contributed by atoms with Crippen molar-refractivity contribution in [3.05, 3.63) is 77.8 Å². The van der Waals surface area contributed by atoms with E-state index in [1.54, 1.807) is 30.5 Å². The van der Waals surface area contributed by atoms with Gasteiger partial charge in [0, 0.05) is 35.5 Å². The Kier molecular flexibility index (Phi) is 3.71. The Balaban J connectivity index is 1.76. The number of nitrogens with one attached hydrogen (secondary N) is 1. The molecule has 0 aliphatic heterocycles. The van der Waals surface area contributed by atoms with Crippen LogP contribution < -0.4 is 5.32 Å². The molecule has 4 nitrogen and oxygen atoms in total. The summed E-state index contributed by atoms with van der Waals surface area (Å²) in [6.07, 6.45) is 5.45. The molecule has 5 heteroatoms. The van der Waals surface area contributed by atoms with E-state index >= 15 is 0 Å². The van der Waals surface area contributed by atoms with Crippen molar-refractivity contribution in [3.63, 3.8) is 0 Å². The smallest absolute Gasteiger partial charge is 0.255 e. The second-order valence-corrected chi connectivity index (χ2v) is 4.85. The molecule has 1 N–H and O–H groups in total. The van der Waals surface area contributed by atoms with E-state index in [2.05, 4.69) is 10.3 Å². The van der Waals surface area contributed by atoms with Gasteiger partial charge in [-0.25, -0.2) is 4.98 Å². The maximum atomic E-state index is 12.1. The molecule has 0 saturated heterocycles. The lowest BCUT2D eigenvalue weighted by Gasteiger charge is -2.07. The first kappa shape index (κ1) is 13.4. The number of carbonyl (C=O) groups is 1. The summed E-state index contributed by atoms with van der Waals surface area (Å²) >= 11 is 5.79. The minimum absolute atomic E-state index is 0.184. The third-order valence-corrected chi connectivity index (χ3v) is 3.22. The minimum Gasteiger partial charge on any atom is -0.324 e. The van der Waals surface area contributed by atoms with Gasteiger partial charge in [-0.1, -0.05) is 11.6 Å². The lowest BCUT2D eigenvalue weighted by atomic mass is 10.2. The van der Waals surface area contributed by atoms with E-state index in [0.29, 0.717) is 16.4 Å². The van der Waals surface area contributed by atoms with Crippen molar-refractivity contribution in [3.8, 4) is 5.69 Å². The van der Waals surface area contributed by atoms with Crippen molar-refractivity contribution < 1.29 is 4.79 Å². The van der Waals surface area contributed by atoms with E-state index in [1.165, 1.54) is 0 Å². The van der Waals surface area contributed by atoms with Crippen LogP contribution in [0.5, 0.6) is 0 Å². The first-order valence-electron chi connectivity index (χ1n) is 6.39. The van der Waals surface area contributed by atoms with Gasteiger partial charge in [-0.05, 0) is 48.5 Å². The third-order valence-electron chi connectivity index (χ3n) is 3.02. The molecule has 2 aromatic heterocycles. The van der Waals surface area contributed by atoms with Crippen LogP contribution in [0.2, 0.25) is 5.15 Å². The molecule has 3 rings (SSSR count). The van der Waals surface area contributed by atoms with Gasteiger partial charge in [-0.15, -0.1) is 0 Å². The number of nitrogens with zero attached hydrogens (tertiary/aromatic N) is 2. The van der Waals surface area contributed by atoms with Gasteiger partial charge in [-0.2, -0.15) is 0 Å². The van der Waals surface area contributed by atoms with E-state index in [-0.39, 0.29) is 5.91 Å². The molecule has 2 heterocycles. The van der Waals surface area contributed by atoms with Gasteiger partial charge in [0.25, 0.3) is 5.91 Å². The summed E-state index contributed by atoms with van der Waals surface area (Å²) in [5.41, 5.74) is 2.21. The number of halogens is 1. The number of pyridine rings is 1. The van der Waals surface area contributed by atoms with Gasteiger partial charge in [0.2, 0.25) is 0 Å². The largest absolute Gasteiger partial charge is 0.324 e. The van der Waals surface area contributed by atoms with Crippen molar-refractivity contribution in [2.75, 3.05) is 5.32 Å². The van der Waals surface area contributed by atoms with Gasteiger partial charge in [0.1, 0.15) is 5.15 Å². The lowest BCUT2D eigenvalue weighted by Crippen LogP contribution is -2.11. The summed E-state index contributed by atoms with van der Waals surface area (Å²) in [7, 11) is 0. The predicted octanol–water partition coefficient (Wildman–Crippen LogP) is 3.78. The molecule has 0 aliphatic carbocycles. The van der Waals surface area contributed by atoms with Gasteiger partial charge in [-0.3, -0.25) is 4.79 Å². The summed E-state index contributed by atoms with van der Waals surface area (Å²) in [5.74, 6) is -0.184. The van der Waals surface area contributed by atoms with Crippen molar-refractivity contribution >= 4 is 23.2 Å². The zero-order chi connectivity index (χ0) is 14.7. The number of hydrogen-bond donors (Lipinski definition) is 1. The van der Waals surface area contributed by atoms with Crippen LogP contribution in [0.3, 0.4) is 0 Å². The van der Waals surface area contributed by atoms with Crippen molar-refractivity contribution in [2.24, 2.45) is 0 Å². The quantitative estimate of drug-likeness (QED) is 0.748. The van der Waals surface area contributed by atoms with Gasteiger partial charge in [0.15, 0.2) is 0 Å².